The molecule has 0 spiro atoms. The third kappa shape index (κ3) is 1.56. The number of nitrogens with zero attached hydrogens (tertiary/aromatic N) is 1. The van der Waals surface area contributed by atoms with Gasteiger partial charge in [0.25, 0.3) is 0 Å². The van der Waals surface area contributed by atoms with E-state index in [0.29, 0.717) is 0 Å². The summed E-state index contributed by atoms with van der Waals surface area (Å²) in [6, 6.07) is 2.16. The molecule has 1 rings (SSSR count). The molecular formula is C9H12N. The van der Waals surface area contributed by atoms with E-state index in [0.717, 1.165) is 12.8 Å². The predicted molar refractivity (Wildman–Crippen MR) is 41.8 cm³/mol. The molecule has 0 atom stereocenters. The summed E-state index contributed by atoms with van der Waals surface area (Å²) in [5.41, 5.74) is 2.51. The van der Waals surface area contributed by atoms with Crippen molar-refractivity contribution < 1.29 is 0 Å². The van der Waals surface area contributed by atoms with Gasteiger partial charge in [0, 0.05) is 6.20 Å². The zero-order chi connectivity index (χ0) is 7.40. The topological polar surface area (TPSA) is 12.9 Å². The maximum atomic E-state index is 4.00. The van der Waals surface area contributed by atoms with Gasteiger partial charge in [-0.2, -0.15) is 0 Å². The second-order valence-corrected chi connectivity index (χ2v) is 2.32. The van der Waals surface area contributed by atoms with Crippen molar-refractivity contribution in [2.45, 2.75) is 26.7 Å². The Morgan fingerprint density at radius 1 is 1.40 bits per heavy atom. The van der Waals surface area contributed by atoms with Gasteiger partial charge in [-0.25, -0.2) is 0 Å². The van der Waals surface area contributed by atoms with Crippen molar-refractivity contribution >= 4 is 0 Å². The molecule has 0 aromatic carbocycles. The highest BCUT2D eigenvalue weighted by Crippen LogP contribution is 2.02. The van der Waals surface area contributed by atoms with Crippen molar-refractivity contribution in [2.24, 2.45) is 0 Å². The Kier molecular flexibility index (Phi) is 2.43. The van der Waals surface area contributed by atoms with Gasteiger partial charge in [0.2, 0.25) is 0 Å². The van der Waals surface area contributed by atoms with Gasteiger partial charge in [0.1, 0.15) is 0 Å². The van der Waals surface area contributed by atoms with Crippen molar-refractivity contribution in [3.8, 4) is 0 Å². The molecule has 0 bridgehead atoms. The van der Waals surface area contributed by atoms with Crippen LogP contribution in [0.1, 0.15) is 25.0 Å². The highest BCUT2D eigenvalue weighted by atomic mass is 14.6. The van der Waals surface area contributed by atoms with Crippen LogP contribution in [-0.4, -0.2) is 4.98 Å². The van der Waals surface area contributed by atoms with Gasteiger partial charge < -0.3 is 0 Å². The largest absolute Gasteiger partial charge is 0.254 e. The van der Waals surface area contributed by atoms with Crippen LogP contribution in [0.2, 0.25) is 0 Å². The lowest BCUT2D eigenvalue weighted by Gasteiger charge is -1.96. The molecule has 10 heavy (non-hydrogen) atoms. The lowest BCUT2D eigenvalue weighted by atomic mass is 10.1. The SMILES string of the molecule is CCc1[c]ncc(CC)c1. The molecule has 0 fully saturated rings. The molecule has 0 aliphatic carbocycles. The van der Waals surface area contributed by atoms with Crippen molar-refractivity contribution in [2.75, 3.05) is 0 Å². The van der Waals surface area contributed by atoms with E-state index in [-0.39, 0.29) is 0 Å². The normalized spacial score (nSPS) is 9.80. The van der Waals surface area contributed by atoms with Crippen LogP contribution in [0.3, 0.4) is 0 Å². The third-order valence-electron chi connectivity index (χ3n) is 1.59. The third-order valence-corrected chi connectivity index (χ3v) is 1.59. The molecular weight excluding hydrogens is 122 g/mol. The Morgan fingerprint density at radius 2 is 2.20 bits per heavy atom. The first-order chi connectivity index (χ1) is 4.86. The molecule has 1 aromatic heterocycles. The zero-order valence-electron chi connectivity index (χ0n) is 6.52. The van der Waals surface area contributed by atoms with Gasteiger partial charge in [0.05, 0.1) is 6.20 Å². The summed E-state index contributed by atoms with van der Waals surface area (Å²) in [6.45, 7) is 4.25. The minimum Gasteiger partial charge on any atom is -0.254 e. The van der Waals surface area contributed by atoms with Gasteiger partial charge in [-0.15, -0.1) is 0 Å². The number of hydrogen-bond acceptors (Lipinski definition) is 1. The standard InChI is InChI=1S/C9H12N/c1-3-8-5-9(4-2)7-10-6-8/h5-6H,3-4H2,1-2H3. The van der Waals surface area contributed by atoms with Crippen LogP contribution in [0, 0.1) is 6.20 Å². The first-order valence-corrected chi connectivity index (χ1v) is 3.72. The quantitative estimate of drug-likeness (QED) is 0.603. The van der Waals surface area contributed by atoms with Crippen LogP contribution in [0.15, 0.2) is 12.3 Å². The summed E-state index contributed by atoms with van der Waals surface area (Å²) in [7, 11) is 0. The van der Waals surface area contributed by atoms with Crippen molar-refractivity contribution in [3.05, 3.63) is 29.6 Å². The number of aryl methyl sites for hydroxylation is 2. The molecule has 1 nitrogen and oxygen atoms in total. The van der Waals surface area contributed by atoms with E-state index in [1.165, 1.54) is 11.1 Å². The Balaban J connectivity index is 2.87. The molecule has 53 valence electrons. The fourth-order valence-electron chi connectivity index (χ4n) is 0.866. The maximum Gasteiger partial charge on any atom is 0.0920 e. The first kappa shape index (κ1) is 7.26. The summed E-state index contributed by atoms with van der Waals surface area (Å²) in [5, 5.41) is 0. The summed E-state index contributed by atoms with van der Waals surface area (Å²) in [6.07, 6.45) is 6.91. The number of aromatic nitrogens is 1. The Morgan fingerprint density at radius 3 is 2.80 bits per heavy atom. The summed E-state index contributed by atoms with van der Waals surface area (Å²) < 4.78 is 0. The molecule has 0 aliphatic rings. The lowest BCUT2D eigenvalue weighted by Crippen LogP contribution is -1.87. The van der Waals surface area contributed by atoms with Gasteiger partial charge in [0.15, 0.2) is 0 Å². The molecule has 0 unspecified atom stereocenters. The van der Waals surface area contributed by atoms with Gasteiger partial charge in [-0.05, 0) is 24.0 Å². The van der Waals surface area contributed by atoms with E-state index >= 15 is 0 Å². The summed E-state index contributed by atoms with van der Waals surface area (Å²) in [5.74, 6) is 0. The molecule has 1 heterocycles. The van der Waals surface area contributed by atoms with Crippen molar-refractivity contribution in [1.29, 1.82) is 0 Å². The number of rotatable bonds is 2. The van der Waals surface area contributed by atoms with Crippen LogP contribution in [-0.2, 0) is 12.8 Å². The van der Waals surface area contributed by atoms with Crippen LogP contribution >= 0.6 is 0 Å². The molecule has 0 saturated carbocycles. The molecule has 0 aliphatic heterocycles. The second kappa shape index (κ2) is 3.35. The average molecular weight is 134 g/mol. The van der Waals surface area contributed by atoms with Crippen LogP contribution in [0.25, 0.3) is 0 Å². The second-order valence-electron chi connectivity index (χ2n) is 2.32. The fraction of sp³-hybridized carbons (Fsp3) is 0.444. The first-order valence-electron chi connectivity index (χ1n) is 3.72. The molecule has 1 heteroatoms. The Hall–Kier alpha value is -0.850. The lowest BCUT2D eigenvalue weighted by molar-refractivity contribution is 1.04. The number of pyridine rings is 1. The minimum absolute atomic E-state index is 1.03. The highest BCUT2D eigenvalue weighted by Gasteiger charge is 1.91. The van der Waals surface area contributed by atoms with E-state index in [4.69, 9.17) is 0 Å². The fourth-order valence-corrected chi connectivity index (χ4v) is 0.866. The van der Waals surface area contributed by atoms with Crippen LogP contribution in [0.5, 0.6) is 0 Å². The van der Waals surface area contributed by atoms with Crippen LogP contribution in [0.4, 0.5) is 0 Å². The molecule has 1 aromatic rings. The van der Waals surface area contributed by atoms with Gasteiger partial charge >= 0.3 is 0 Å². The average Bonchev–Trinajstić information content (AvgIpc) is 2.05. The van der Waals surface area contributed by atoms with E-state index < -0.39 is 0 Å². The smallest absolute Gasteiger partial charge is 0.0920 e. The predicted octanol–water partition coefficient (Wildman–Crippen LogP) is 2.01. The van der Waals surface area contributed by atoms with Gasteiger partial charge in [-0.3, -0.25) is 4.98 Å². The zero-order valence-corrected chi connectivity index (χ0v) is 6.52. The van der Waals surface area contributed by atoms with Crippen LogP contribution < -0.4 is 0 Å². The molecule has 0 saturated heterocycles. The van der Waals surface area contributed by atoms with Crippen molar-refractivity contribution in [3.63, 3.8) is 0 Å². The Labute approximate surface area is 62.1 Å². The summed E-state index contributed by atoms with van der Waals surface area (Å²) >= 11 is 0. The van der Waals surface area contributed by atoms with E-state index in [2.05, 4.69) is 31.1 Å². The summed E-state index contributed by atoms with van der Waals surface area (Å²) in [4.78, 5) is 4.00. The van der Waals surface area contributed by atoms with E-state index in [1.54, 1.807) is 0 Å². The highest BCUT2D eigenvalue weighted by molar-refractivity contribution is 5.16. The van der Waals surface area contributed by atoms with E-state index in [9.17, 15) is 0 Å². The van der Waals surface area contributed by atoms with Crippen molar-refractivity contribution in [1.82, 2.24) is 4.98 Å². The Bertz CT molecular complexity index is 186. The molecule has 1 radical (unpaired) electrons. The maximum absolute atomic E-state index is 4.00. The van der Waals surface area contributed by atoms with Gasteiger partial charge in [-0.1, -0.05) is 19.9 Å². The minimum atomic E-state index is 1.03. The van der Waals surface area contributed by atoms with E-state index in [1.807, 2.05) is 6.20 Å². The monoisotopic (exact) mass is 134 g/mol. The number of hydrogen-bond donors (Lipinski definition) is 0. The molecule has 0 amide bonds. The molecule has 0 N–H and O–H groups in total.